The molecule has 0 saturated carbocycles. The molecule has 2 amide bonds. The highest BCUT2D eigenvalue weighted by molar-refractivity contribution is 9.10. The zero-order chi connectivity index (χ0) is 22.5. The number of nitrogens with zero attached hydrogens (tertiary/aromatic N) is 3. The van der Waals surface area contributed by atoms with Gasteiger partial charge in [-0.1, -0.05) is 30.0 Å². The van der Waals surface area contributed by atoms with Crippen LogP contribution in [-0.2, 0) is 11.8 Å². The first kappa shape index (κ1) is 22.9. The van der Waals surface area contributed by atoms with Gasteiger partial charge in [-0.25, -0.2) is 8.78 Å². The molecule has 0 unspecified atom stereocenters. The van der Waals surface area contributed by atoms with Crippen molar-refractivity contribution in [1.82, 2.24) is 20.1 Å². The van der Waals surface area contributed by atoms with Crippen molar-refractivity contribution in [2.75, 3.05) is 11.1 Å². The number of amides is 2. The van der Waals surface area contributed by atoms with Crippen LogP contribution in [0.3, 0.4) is 0 Å². The molecule has 0 aliphatic carbocycles. The summed E-state index contributed by atoms with van der Waals surface area (Å²) in [6, 6.07) is 10.1. The molecule has 0 spiro atoms. The molecule has 1 atom stereocenters. The number of halogens is 3. The molecule has 11 heteroatoms. The highest BCUT2D eigenvalue weighted by Gasteiger charge is 2.19. The fourth-order valence-corrected chi connectivity index (χ4v) is 3.96. The van der Waals surface area contributed by atoms with Crippen molar-refractivity contribution in [2.24, 2.45) is 7.05 Å². The predicted molar refractivity (Wildman–Crippen MR) is 117 cm³/mol. The molecule has 2 N–H and O–H groups in total. The minimum atomic E-state index is -0.880. The van der Waals surface area contributed by atoms with Crippen LogP contribution < -0.4 is 10.6 Å². The summed E-state index contributed by atoms with van der Waals surface area (Å²) in [5.74, 6) is -1.92. The number of carbonyl (C=O) groups is 2. The van der Waals surface area contributed by atoms with Gasteiger partial charge < -0.3 is 15.2 Å². The maximum atomic E-state index is 13.9. The summed E-state index contributed by atoms with van der Waals surface area (Å²) in [5.41, 5.74) is 0.393. The average molecular weight is 510 g/mol. The molecule has 0 aliphatic rings. The van der Waals surface area contributed by atoms with Crippen molar-refractivity contribution in [3.05, 3.63) is 70.0 Å². The fraction of sp³-hybridized carbons (Fsp3) is 0.200. The van der Waals surface area contributed by atoms with Crippen LogP contribution in [0.5, 0.6) is 0 Å². The average Bonchev–Trinajstić information content (AvgIpc) is 3.10. The Labute approximate surface area is 189 Å². The highest BCUT2D eigenvalue weighted by Crippen LogP contribution is 2.27. The molecule has 0 fully saturated rings. The molecule has 0 saturated heterocycles. The van der Waals surface area contributed by atoms with E-state index in [0.717, 1.165) is 17.8 Å². The van der Waals surface area contributed by atoms with E-state index in [1.807, 2.05) is 6.07 Å². The summed E-state index contributed by atoms with van der Waals surface area (Å²) in [5, 5.41) is 13.9. The lowest BCUT2D eigenvalue weighted by Crippen LogP contribution is -2.28. The Hall–Kier alpha value is -2.79. The molecule has 3 rings (SSSR count). The summed E-state index contributed by atoms with van der Waals surface area (Å²) >= 11 is 4.12. The smallest absolute Gasteiger partial charge is 0.251 e. The minimum Gasteiger partial charge on any atom is -0.342 e. The van der Waals surface area contributed by atoms with Crippen LogP contribution in [-0.4, -0.2) is 32.3 Å². The third-order valence-corrected chi connectivity index (χ3v) is 5.89. The van der Waals surface area contributed by atoms with Crippen molar-refractivity contribution >= 4 is 45.2 Å². The molecular formula is C20H18BrF2N5O2S. The Morgan fingerprint density at radius 3 is 2.58 bits per heavy atom. The first-order chi connectivity index (χ1) is 14.8. The van der Waals surface area contributed by atoms with Gasteiger partial charge in [-0.05, 0) is 41.1 Å². The summed E-state index contributed by atoms with van der Waals surface area (Å²) in [4.78, 5) is 24.5. The van der Waals surface area contributed by atoms with Gasteiger partial charge in [-0.15, -0.1) is 10.2 Å². The van der Waals surface area contributed by atoms with E-state index in [2.05, 4.69) is 36.8 Å². The second-order valence-electron chi connectivity index (χ2n) is 6.54. The van der Waals surface area contributed by atoms with Crippen LogP contribution in [0.15, 0.2) is 52.1 Å². The van der Waals surface area contributed by atoms with E-state index in [4.69, 9.17) is 0 Å². The van der Waals surface area contributed by atoms with Gasteiger partial charge in [-0.3, -0.25) is 9.59 Å². The Balaban J connectivity index is 1.60. The van der Waals surface area contributed by atoms with Gasteiger partial charge >= 0.3 is 0 Å². The van der Waals surface area contributed by atoms with Gasteiger partial charge in [0.15, 0.2) is 16.8 Å². The molecule has 31 heavy (non-hydrogen) atoms. The number of hydrogen-bond donors (Lipinski definition) is 2. The number of nitrogens with one attached hydrogen (secondary N) is 2. The molecular weight excluding hydrogens is 492 g/mol. The molecule has 0 radical (unpaired) electrons. The SMILES string of the molecule is C[C@@H](NC(=O)c1ccccc1)c1nnc(SCC(=O)Nc2c(F)cc(F)cc2Br)n1C. The molecule has 3 aromatic rings. The first-order valence-corrected chi connectivity index (χ1v) is 10.9. The monoisotopic (exact) mass is 509 g/mol. The van der Waals surface area contributed by atoms with E-state index in [-0.39, 0.29) is 21.8 Å². The topological polar surface area (TPSA) is 88.9 Å². The quantitative estimate of drug-likeness (QED) is 0.468. The Bertz CT molecular complexity index is 1090. The van der Waals surface area contributed by atoms with Gasteiger partial charge in [-0.2, -0.15) is 0 Å². The van der Waals surface area contributed by atoms with Gasteiger partial charge in [0.1, 0.15) is 5.82 Å². The van der Waals surface area contributed by atoms with E-state index < -0.39 is 23.6 Å². The highest BCUT2D eigenvalue weighted by atomic mass is 79.9. The summed E-state index contributed by atoms with van der Waals surface area (Å²) in [7, 11) is 1.72. The lowest BCUT2D eigenvalue weighted by molar-refractivity contribution is -0.113. The van der Waals surface area contributed by atoms with Crippen molar-refractivity contribution in [3.8, 4) is 0 Å². The number of aromatic nitrogens is 3. The second-order valence-corrected chi connectivity index (χ2v) is 8.34. The van der Waals surface area contributed by atoms with E-state index in [1.54, 1.807) is 42.8 Å². The largest absolute Gasteiger partial charge is 0.342 e. The minimum absolute atomic E-state index is 0.0695. The van der Waals surface area contributed by atoms with Gasteiger partial charge in [0.25, 0.3) is 5.91 Å². The molecule has 0 aliphatic heterocycles. The van der Waals surface area contributed by atoms with Crippen LogP contribution in [0.1, 0.15) is 29.1 Å². The standard InChI is InChI=1S/C20H18BrF2N5O2S/c1-11(24-19(30)12-6-4-3-5-7-12)18-26-27-20(28(18)2)31-10-16(29)25-17-14(21)8-13(22)9-15(17)23/h3-9,11H,10H2,1-2H3,(H,24,30)(H,25,29)/t11-/m1/s1. The number of rotatable bonds is 7. The maximum Gasteiger partial charge on any atom is 0.251 e. The van der Waals surface area contributed by atoms with Crippen molar-refractivity contribution in [3.63, 3.8) is 0 Å². The van der Waals surface area contributed by atoms with E-state index in [9.17, 15) is 18.4 Å². The van der Waals surface area contributed by atoms with Crippen LogP contribution in [0.2, 0.25) is 0 Å². The predicted octanol–water partition coefficient (Wildman–Crippen LogP) is 4.08. The van der Waals surface area contributed by atoms with Gasteiger partial charge in [0.05, 0.1) is 17.5 Å². The summed E-state index contributed by atoms with van der Waals surface area (Å²) in [6.45, 7) is 1.78. The lowest BCUT2D eigenvalue weighted by Gasteiger charge is -2.13. The van der Waals surface area contributed by atoms with Crippen LogP contribution in [0.25, 0.3) is 0 Å². The second kappa shape index (κ2) is 10.0. The molecule has 1 heterocycles. The van der Waals surface area contributed by atoms with Crippen molar-refractivity contribution in [2.45, 2.75) is 18.1 Å². The number of carbonyl (C=O) groups excluding carboxylic acids is 2. The Kier molecular flexibility index (Phi) is 7.39. The number of hydrogen-bond acceptors (Lipinski definition) is 5. The van der Waals surface area contributed by atoms with Crippen LogP contribution in [0, 0.1) is 11.6 Å². The zero-order valence-electron chi connectivity index (χ0n) is 16.5. The van der Waals surface area contributed by atoms with E-state index >= 15 is 0 Å². The normalized spacial score (nSPS) is 11.8. The van der Waals surface area contributed by atoms with Crippen LogP contribution >= 0.6 is 27.7 Å². The lowest BCUT2D eigenvalue weighted by atomic mass is 10.2. The number of thioether (sulfide) groups is 1. The third-order valence-electron chi connectivity index (χ3n) is 4.24. The van der Waals surface area contributed by atoms with E-state index in [0.29, 0.717) is 22.6 Å². The van der Waals surface area contributed by atoms with Gasteiger partial charge in [0.2, 0.25) is 5.91 Å². The first-order valence-electron chi connectivity index (χ1n) is 9.08. The molecule has 1 aromatic heterocycles. The molecule has 7 nitrogen and oxygen atoms in total. The Morgan fingerprint density at radius 2 is 1.90 bits per heavy atom. The molecule has 2 aromatic carbocycles. The van der Waals surface area contributed by atoms with Crippen molar-refractivity contribution < 1.29 is 18.4 Å². The summed E-state index contributed by atoms with van der Waals surface area (Å²) in [6.07, 6.45) is 0. The van der Waals surface area contributed by atoms with E-state index in [1.165, 1.54) is 0 Å². The Morgan fingerprint density at radius 1 is 1.19 bits per heavy atom. The summed E-state index contributed by atoms with van der Waals surface area (Å²) < 4.78 is 28.8. The number of anilines is 1. The van der Waals surface area contributed by atoms with Crippen LogP contribution in [0.4, 0.5) is 14.5 Å². The molecule has 0 bridgehead atoms. The third kappa shape index (κ3) is 5.67. The zero-order valence-corrected chi connectivity index (χ0v) is 18.9. The fourth-order valence-electron chi connectivity index (χ4n) is 2.73. The maximum absolute atomic E-state index is 13.9. The van der Waals surface area contributed by atoms with Gasteiger partial charge in [0, 0.05) is 23.2 Å². The molecule has 162 valence electrons. The number of benzene rings is 2. The van der Waals surface area contributed by atoms with Crippen molar-refractivity contribution in [1.29, 1.82) is 0 Å².